The third-order valence-corrected chi connectivity index (χ3v) is 4.85. The van der Waals surface area contributed by atoms with Crippen LogP contribution in [0, 0.1) is 0 Å². The Hall–Kier alpha value is -0.950. The molecular weight excluding hydrogens is 230 g/mol. The summed E-state index contributed by atoms with van der Waals surface area (Å²) >= 11 is 0. The zero-order chi connectivity index (χ0) is 11.6. The highest BCUT2D eigenvalue weighted by Gasteiger charge is 2.33. The number of nitrogens with zero attached hydrogens (tertiary/aromatic N) is 2. The lowest BCUT2D eigenvalue weighted by atomic mass is 10.2. The number of sulfone groups is 1. The predicted molar refractivity (Wildman–Crippen MR) is 57.4 cm³/mol. The first-order valence-electron chi connectivity index (χ1n) is 5.32. The maximum absolute atomic E-state index is 11.8. The molecule has 0 aliphatic carbocycles. The van der Waals surface area contributed by atoms with Gasteiger partial charge in [-0.15, -0.1) is 0 Å². The predicted octanol–water partition coefficient (Wildman–Crippen LogP) is 0.429. The molecule has 16 heavy (non-hydrogen) atoms. The van der Waals surface area contributed by atoms with E-state index in [1.807, 2.05) is 0 Å². The van der Waals surface area contributed by atoms with Crippen molar-refractivity contribution in [2.45, 2.75) is 31.1 Å². The van der Waals surface area contributed by atoms with Gasteiger partial charge in [0.25, 0.3) is 0 Å². The fourth-order valence-electron chi connectivity index (χ4n) is 1.87. The lowest BCUT2D eigenvalue weighted by Gasteiger charge is -2.18. The molecule has 1 aliphatic rings. The molecule has 0 saturated carbocycles. The Balaban J connectivity index is 2.22. The number of aromatic nitrogens is 2. The molecule has 1 atom stereocenters. The molecule has 7 heteroatoms. The molecule has 1 fully saturated rings. The topological polar surface area (TPSA) is 85.1 Å². The Labute approximate surface area is 94.3 Å². The van der Waals surface area contributed by atoms with Gasteiger partial charge in [0.2, 0.25) is 5.89 Å². The summed E-state index contributed by atoms with van der Waals surface area (Å²) in [7, 11) is -1.32. The molecule has 2 rings (SSSR count). The van der Waals surface area contributed by atoms with E-state index in [0.717, 1.165) is 12.8 Å². The number of hydrogen-bond donors (Lipinski definition) is 1. The minimum absolute atomic E-state index is 0.230. The van der Waals surface area contributed by atoms with Crippen molar-refractivity contribution in [2.75, 3.05) is 12.8 Å². The van der Waals surface area contributed by atoms with Crippen LogP contribution in [0.25, 0.3) is 0 Å². The molecular formula is C9H15N3O3S. The average Bonchev–Trinajstić information content (AvgIpc) is 2.66. The highest BCUT2D eigenvalue weighted by Crippen LogP contribution is 2.31. The van der Waals surface area contributed by atoms with Crippen molar-refractivity contribution in [1.82, 2.24) is 15.5 Å². The van der Waals surface area contributed by atoms with Crippen LogP contribution in [0.5, 0.6) is 0 Å². The molecule has 1 saturated heterocycles. The van der Waals surface area contributed by atoms with Crippen molar-refractivity contribution in [3.63, 3.8) is 0 Å². The molecule has 0 spiro atoms. The molecule has 6 nitrogen and oxygen atoms in total. The van der Waals surface area contributed by atoms with Gasteiger partial charge in [-0.25, -0.2) is 8.42 Å². The fraction of sp³-hybridized carbons (Fsp3) is 0.778. The van der Waals surface area contributed by atoms with Gasteiger partial charge in [-0.1, -0.05) is 11.6 Å². The normalized spacial score (nSPS) is 24.4. The van der Waals surface area contributed by atoms with Crippen LogP contribution in [0.3, 0.4) is 0 Å². The Morgan fingerprint density at radius 2 is 2.31 bits per heavy atom. The molecule has 1 unspecified atom stereocenters. The van der Waals surface area contributed by atoms with Gasteiger partial charge in [0.1, 0.15) is 5.25 Å². The molecule has 0 radical (unpaired) electrons. The third-order valence-electron chi connectivity index (χ3n) is 2.68. The van der Waals surface area contributed by atoms with Crippen LogP contribution >= 0.6 is 0 Å². The van der Waals surface area contributed by atoms with Crippen molar-refractivity contribution in [1.29, 1.82) is 0 Å². The van der Waals surface area contributed by atoms with Crippen molar-refractivity contribution in [3.05, 3.63) is 11.7 Å². The van der Waals surface area contributed by atoms with Crippen LogP contribution in [0.1, 0.15) is 36.2 Å². The molecule has 90 valence electrons. The quantitative estimate of drug-likeness (QED) is 0.831. The monoisotopic (exact) mass is 245 g/mol. The summed E-state index contributed by atoms with van der Waals surface area (Å²) in [5.74, 6) is 0.969. The SMILES string of the molecule is CNCc1nc(C2CCCCS2(=O)=O)no1. The summed E-state index contributed by atoms with van der Waals surface area (Å²) < 4.78 is 28.6. The molecule has 2 heterocycles. The average molecular weight is 245 g/mol. The largest absolute Gasteiger partial charge is 0.338 e. The van der Waals surface area contributed by atoms with E-state index < -0.39 is 15.1 Å². The second-order valence-corrected chi connectivity index (χ2v) is 6.23. The number of nitrogens with one attached hydrogen (secondary N) is 1. The van der Waals surface area contributed by atoms with E-state index in [1.54, 1.807) is 7.05 Å². The third kappa shape index (κ3) is 2.25. The van der Waals surface area contributed by atoms with Crippen molar-refractivity contribution < 1.29 is 12.9 Å². The van der Waals surface area contributed by atoms with Gasteiger partial charge >= 0.3 is 0 Å². The van der Waals surface area contributed by atoms with Crippen LogP contribution in [0.2, 0.25) is 0 Å². The van der Waals surface area contributed by atoms with Crippen molar-refractivity contribution in [3.8, 4) is 0 Å². The smallest absolute Gasteiger partial charge is 0.240 e. The van der Waals surface area contributed by atoms with Crippen LogP contribution in [0.15, 0.2) is 4.52 Å². The first-order chi connectivity index (χ1) is 7.63. The number of hydrogen-bond acceptors (Lipinski definition) is 6. The minimum atomic E-state index is -3.08. The van der Waals surface area contributed by atoms with E-state index in [2.05, 4.69) is 15.5 Å². The van der Waals surface area contributed by atoms with Crippen molar-refractivity contribution >= 4 is 9.84 Å². The Kier molecular flexibility index (Phi) is 3.25. The standard InChI is InChI=1S/C9H15N3O3S/c1-10-6-8-11-9(12-15-8)7-4-2-3-5-16(7,13)14/h7,10H,2-6H2,1H3. The van der Waals surface area contributed by atoms with Gasteiger partial charge in [0.15, 0.2) is 15.7 Å². The van der Waals surface area contributed by atoms with Gasteiger partial charge in [-0.05, 0) is 19.9 Å². The lowest BCUT2D eigenvalue weighted by molar-refractivity contribution is 0.365. The molecule has 0 aromatic carbocycles. The van der Waals surface area contributed by atoms with E-state index in [0.29, 0.717) is 24.7 Å². The summed E-state index contributed by atoms with van der Waals surface area (Å²) in [6.45, 7) is 0.458. The second kappa shape index (κ2) is 4.50. The Morgan fingerprint density at radius 1 is 1.50 bits per heavy atom. The maximum Gasteiger partial charge on any atom is 0.240 e. The van der Waals surface area contributed by atoms with Gasteiger partial charge in [-0.3, -0.25) is 0 Å². The zero-order valence-corrected chi connectivity index (χ0v) is 9.96. The molecule has 0 bridgehead atoms. The molecule has 1 aliphatic heterocycles. The second-order valence-electron chi connectivity index (χ2n) is 3.93. The summed E-state index contributed by atoms with van der Waals surface area (Å²) in [5, 5.41) is 6.05. The Morgan fingerprint density at radius 3 is 3.00 bits per heavy atom. The first-order valence-corrected chi connectivity index (χ1v) is 7.03. The van der Waals surface area contributed by atoms with Crippen LogP contribution in [-0.2, 0) is 16.4 Å². The van der Waals surface area contributed by atoms with Crippen molar-refractivity contribution in [2.24, 2.45) is 0 Å². The summed E-state index contributed by atoms with van der Waals surface area (Å²) in [6.07, 6.45) is 2.24. The van der Waals surface area contributed by atoms with E-state index in [9.17, 15) is 8.42 Å². The number of rotatable bonds is 3. The van der Waals surface area contributed by atoms with Crippen LogP contribution in [0.4, 0.5) is 0 Å². The van der Waals surface area contributed by atoms with Crippen LogP contribution in [-0.4, -0.2) is 31.4 Å². The maximum atomic E-state index is 11.8. The van der Waals surface area contributed by atoms with Gasteiger partial charge in [0.05, 0.1) is 12.3 Å². The van der Waals surface area contributed by atoms with Gasteiger partial charge < -0.3 is 9.84 Å². The highest BCUT2D eigenvalue weighted by molar-refractivity contribution is 7.91. The van der Waals surface area contributed by atoms with E-state index >= 15 is 0 Å². The van der Waals surface area contributed by atoms with E-state index in [4.69, 9.17) is 4.52 Å². The molecule has 1 aromatic rings. The summed E-state index contributed by atoms with van der Waals surface area (Å²) in [5.41, 5.74) is 0. The Bertz CT molecular complexity index is 454. The summed E-state index contributed by atoms with van der Waals surface area (Å²) in [4.78, 5) is 4.10. The lowest BCUT2D eigenvalue weighted by Crippen LogP contribution is -2.22. The van der Waals surface area contributed by atoms with E-state index in [1.165, 1.54) is 0 Å². The summed E-state index contributed by atoms with van der Waals surface area (Å²) in [6, 6.07) is 0. The van der Waals surface area contributed by atoms with Gasteiger partial charge in [-0.2, -0.15) is 4.98 Å². The molecule has 1 aromatic heterocycles. The van der Waals surface area contributed by atoms with E-state index in [-0.39, 0.29) is 5.75 Å². The fourth-order valence-corrected chi connectivity index (χ4v) is 3.70. The molecule has 0 amide bonds. The molecule has 1 N–H and O–H groups in total. The first kappa shape index (κ1) is 11.5. The zero-order valence-electron chi connectivity index (χ0n) is 9.14. The minimum Gasteiger partial charge on any atom is -0.338 e. The van der Waals surface area contributed by atoms with Gasteiger partial charge in [0, 0.05) is 0 Å². The highest BCUT2D eigenvalue weighted by atomic mass is 32.2. The van der Waals surface area contributed by atoms with Crippen LogP contribution < -0.4 is 5.32 Å².